The quantitative estimate of drug-likeness (QED) is 0.642. The van der Waals surface area contributed by atoms with Gasteiger partial charge in [0.2, 0.25) is 0 Å². The molecule has 0 spiro atoms. The van der Waals surface area contributed by atoms with E-state index < -0.39 is 0 Å². The third-order valence-corrected chi connectivity index (χ3v) is 3.12. The lowest BCUT2D eigenvalue weighted by molar-refractivity contribution is 0.215. The monoisotopic (exact) mass is 198 g/mol. The second kappa shape index (κ2) is 6.41. The Labute approximate surface area is 89.1 Å². The normalized spacial score (nSPS) is 18.9. The number of nitrogens with zero attached hydrogens (tertiary/aromatic N) is 1. The lowest BCUT2D eigenvalue weighted by atomic mass is 10.1. The van der Waals surface area contributed by atoms with Crippen molar-refractivity contribution in [1.82, 2.24) is 10.2 Å². The first-order chi connectivity index (χ1) is 6.77. The molecule has 2 nitrogen and oxygen atoms in total. The Kier molecular flexibility index (Phi) is 5.49. The first kappa shape index (κ1) is 12.0. The standard InChI is InChI=1S/C12H26N2/c1-4-6-12(9-13-5-2)14(3)10-11-7-8-11/h11-13H,4-10H2,1-3H3. The van der Waals surface area contributed by atoms with Gasteiger partial charge in [-0.3, -0.25) is 0 Å². The van der Waals surface area contributed by atoms with Crippen LogP contribution >= 0.6 is 0 Å². The molecule has 1 N–H and O–H groups in total. The van der Waals surface area contributed by atoms with Gasteiger partial charge in [-0.2, -0.15) is 0 Å². The summed E-state index contributed by atoms with van der Waals surface area (Å²) >= 11 is 0. The highest BCUT2D eigenvalue weighted by Crippen LogP contribution is 2.30. The third-order valence-electron chi connectivity index (χ3n) is 3.12. The van der Waals surface area contributed by atoms with Crippen LogP contribution in [0.15, 0.2) is 0 Å². The largest absolute Gasteiger partial charge is 0.315 e. The highest BCUT2D eigenvalue weighted by Gasteiger charge is 2.25. The summed E-state index contributed by atoms with van der Waals surface area (Å²) in [6.45, 7) is 8.04. The summed E-state index contributed by atoms with van der Waals surface area (Å²) in [6, 6.07) is 0.751. The summed E-state index contributed by atoms with van der Waals surface area (Å²) in [7, 11) is 2.29. The van der Waals surface area contributed by atoms with Gasteiger partial charge in [0.05, 0.1) is 0 Å². The van der Waals surface area contributed by atoms with Gasteiger partial charge in [0, 0.05) is 19.1 Å². The Morgan fingerprint density at radius 2 is 2.07 bits per heavy atom. The fourth-order valence-corrected chi connectivity index (χ4v) is 1.98. The minimum atomic E-state index is 0.751. The lowest BCUT2D eigenvalue weighted by Gasteiger charge is -2.28. The Bertz CT molecular complexity index is 143. The second-order valence-corrected chi connectivity index (χ2v) is 4.63. The molecule has 0 saturated heterocycles. The Morgan fingerprint density at radius 3 is 2.57 bits per heavy atom. The van der Waals surface area contributed by atoms with E-state index in [-0.39, 0.29) is 0 Å². The molecular weight excluding hydrogens is 172 g/mol. The van der Waals surface area contributed by atoms with Crippen molar-refractivity contribution in [1.29, 1.82) is 0 Å². The number of rotatable bonds is 8. The molecule has 1 unspecified atom stereocenters. The molecule has 0 bridgehead atoms. The van der Waals surface area contributed by atoms with Gasteiger partial charge in [0.1, 0.15) is 0 Å². The molecule has 1 fully saturated rings. The van der Waals surface area contributed by atoms with Gasteiger partial charge in [0.15, 0.2) is 0 Å². The van der Waals surface area contributed by atoms with Crippen LogP contribution in [0.5, 0.6) is 0 Å². The highest BCUT2D eigenvalue weighted by molar-refractivity contribution is 4.80. The van der Waals surface area contributed by atoms with E-state index in [9.17, 15) is 0 Å². The minimum Gasteiger partial charge on any atom is -0.315 e. The van der Waals surface area contributed by atoms with Gasteiger partial charge >= 0.3 is 0 Å². The maximum atomic E-state index is 3.47. The van der Waals surface area contributed by atoms with E-state index in [1.54, 1.807) is 0 Å². The Morgan fingerprint density at radius 1 is 1.36 bits per heavy atom. The van der Waals surface area contributed by atoms with Crippen molar-refractivity contribution in [3.63, 3.8) is 0 Å². The zero-order valence-corrected chi connectivity index (χ0v) is 10.1. The SMILES string of the molecule is CCCC(CNCC)N(C)CC1CC1. The summed E-state index contributed by atoms with van der Waals surface area (Å²) in [5, 5.41) is 3.47. The summed E-state index contributed by atoms with van der Waals surface area (Å²) in [6.07, 6.45) is 5.55. The Balaban J connectivity index is 2.22. The summed E-state index contributed by atoms with van der Waals surface area (Å²) in [5.74, 6) is 1.01. The van der Waals surface area contributed by atoms with Crippen LogP contribution in [0.4, 0.5) is 0 Å². The molecule has 1 saturated carbocycles. The fourth-order valence-electron chi connectivity index (χ4n) is 1.98. The topological polar surface area (TPSA) is 15.3 Å². The molecular formula is C12H26N2. The molecule has 0 heterocycles. The van der Waals surface area contributed by atoms with Crippen LogP contribution in [0.2, 0.25) is 0 Å². The highest BCUT2D eigenvalue weighted by atomic mass is 15.2. The molecule has 1 aliphatic rings. The van der Waals surface area contributed by atoms with Crippen molar-refractivity contribution in [2.24, 2.45) is 5.92 Å². The van der Waals surface area contributed by atoms with Gasteiger partial charge < -0.3 is 10.2 Å². The molecule has 2 heteroatoms. The smallest absolute Gasteiger partial charge is 0.0217 e. The van der Waals surface area contributed by atoms with E-state index >= 15 is 0 Å². The van der Waals surface area contributed by atoms with E-state index in [2.05, 4.69) is 31.1 Å². The third kappa shape index (κ3) is 4.43. The molecule has 0 radical (unpaired) electrons. The first-order valence-corrected chi connectivity index (χ1v) is 6.18. The second-order valence-electron chi connectivity index (χ2n) is 4.63. The Hall–Kier alpha value is -0.0800. The maximum Gasteiger partial charge on any atom is 0.0217 e. The predicted octanol–water partition coefficient (Wildman–Crippen LogP) is 2.11. The summed E-state index contributed by atoms with van der Waals surface area (Å²) < 4.78 is 0. The van der Waals surface area contributed by atoms with Crippen molar-refractivity contribution in [2.75, 3.05) is 26.7 Å². The van der Waals surface area contributed by atoms with Crippen LogP contribution in [-0.2, 0) is 0 Å². The van der Waals surface area contributed by atoms with Crippen molar-refractivity contribution < 1.29 is 0 Å². The van der Waals surface area contributed by atoms with E-state index in [0.29, 0.717) is 0 Å². The molecule has 0 aromatic carbocycles. The van der Waals surface area contributed by atoms with Crippen molar-refractivity contribution in [3.8, 4) is 0 Å². The first-order valence-electron chi connectivity index (χ1n) is 6.18. The fraction of sp³-hybridized carbons (Fsp3) is 1.00. The average molecular weight is 198 g/mol. The maximum absolute atomic E-state index is 3.47. The van der Waals surface area contributed by atoms with Crippen LogP contribution in [0.25, 0.3) is 0 Å². The van der Waals surface area contributed by atoms with Crippen LogP contribution in [0, 0.1) is 5.92 Å². The van der Waals surface area contributed by atoms with Crippen LogP contribution < -0.4 is 5.32 Å². The number of hydrogen-bond acceptors (Lipinski definition) is 2. The number of nitrogens with one attached hydrogen (secondary N) is 1. The van der Waals surface area contributed by atoms with E-state index in [4.69, 9.17) is 0 Å². The van der Waals surface area contributed by atoms with Crippen molar-refractivity contribution in [2.45, 2.75) is 45.6 Å². The lowest BCUT2D eigenvalue weighted by Crippen LogP contribution is -2.41. The molecule has 0 aromatic heterocycles. The van der Waals surface area contributed by atoms with E-state index in [1.165, 1.54) is 32.2 Å². The predicted molar refractivity (Wildman–Crippen MR) is 62.6 cm³/mol. The van der Waals surface area contributed by atoms with Crippen LogP contribution in [0.3, 0.4) is 0 Å². The van der Waals surface area contributed by atoms with Gasteiger partial charge in [-0.1, -0.05) is 20.3 Å². The molecule has 0 aliphatic heterocycles. The van der Waals surface area contributed by atoms with Gasteiger partial charge in [0.25, 0.3) is 0 Å². The number of hydrogen-bond donors (Lipinski definition) is 1. The molecule has 0 aromatic rings. The van der Waals surface area contributed by atoms with Crippen molar-refractivity contribution in [3.05, 3.63) is 0 Å². The summed E-state index contributed by atoms with van der Waals surface area (Å²) in [4.78, 5) is 2.56. The molecule has 0 amide bonds. The minimum absolute atomic E-state index is 0.751. The van der Waals surface area contributed by atoms with Crippen molar-refractivity contribution >= 4 is 0 Å². The molecule has 84 valence electrons. The van der Waals surface area contributed by atoms with Gasteiger partial charge in [-0.05, 0) is 38.8 Å². The summed E-state index contributed by atoms with van der Waals surface area (Å²) in [5.41, 5.74) is 0. The zero-order valence-electron chi connectivity index (χ0n) is 10.1. The molecule has 14 heavy (non-hydrogen) atoms. The molecule has 1 atom stereocenters. The number of likely N-dealkylation sites (N-methyl/N-ethyl adjacent to an activating group) is 2. The van der Waals surface area contributed by atoms with Crippen LogP contribution in [0.1, 0.15) is 39.5 Å². The van der Waals surface area contributed by atoms with Crippen LogP contribution in [-0.4, -0.2) is 37.6 Å². The van der Waals surface area contributed by atoms with E-state index in [1.807, 2.05) is 0 Å². The van der Waals surface area contributed by atoms with Gasteiger partial charge in [-0.25, -0.2) is 0 Å². The molecule has 1 aliphatic carbocycles. The van der Waals surface area contributed by atoms with E-state index in [0.717, 1.165) is 25.0 Å². The average Bonchev–Trinajstić information content (AvgIpc) is 2.95. The van der Waals surface area contributed by atoms with Gasteiger partial charge in [-0.15, -0.1) is 0 Å². The molecule has 1 rings (SSSR count). The zero-order chi connectivity index (χ0) is 10.4.